The Hall–Kier alpha value is -1.63. The third-order valence-electron chi connectivity index (χ3n) is 2.83. The van der Waals surface area contributed by atoms with Crippen LogP contribution < -0.4 is 10.6 Å². The molecular formula is C13H11Cl2N5S. The van der Waals surface area contributed by atoms with Crippen LogP contribution in [-0.4, -0.2) is 11.5 Å². The van der Waals surface area contributed by atoms with Gasteiger partial charge in [-0.3, -0.25) is 4.98 Å². The molecule has 0 aliphatic carbocycles. The van der Waals surface area contributed by atoms with Crippen molar-refractivity contribution in [2.24, 2.45) is 8.73 Å². The van der Waals surface area contributed by atoms with Crippen molar-refractivity contribution in [3.05, 3.63) is 34.6 Å². The van der Waals surface area contributed by atoms with Crippen molar-refractivity contribution in [3.8, 4) is 0 Å². The van der Waals surface area contributed by atoms with E-state index in [1.807, 2.05) is 13.0 Å². The summed E-state index contributed by atoms with van der Waals surface area (Å²) in [6.45, 7) is 2.85. The first-order valence-electron chi connectivity index (χ1n) is 6.25. The molecule has 0 fully saturated rings. The van der Waals surface area contributed by atoms with Crippen molar-refractivity contribution in [2.75, 3.05) is 17.2 Å². The summed E-state index contributed by atoms with van der Waals surface area (Å²) in [6.07, 6.45) is 3.48. The molecule has 1 aliphatic heterocycles. The Morgan fingerprint density at radius 2 is 1.81 bits per heavy atom. The monoisotopic (exact) mass is 339 g/mol. The number of hydrogen-bond donors (Lipinski definition) is 2. The Morgan fingerprint density at radius 1 is 1.05 bits per heavy atom. The van der Waals surface area contributed by atoms with Crippen LogP contribution in [0.2, 0.25) is 10.0 Å². The molecular weight excluding hydrogens is 329 g/mol. The minimum atomic E-state index is 0.494. The summed E-state index contributed by atoms with van der Waals surface area (Å²) >= 11 is 13.5. The Labute approximate surface area is 135 Å². The fraction of sp³-hybridized carbons (Fsp3) is 0.154. The van der Waals surface area contributed by atoms with E-state index in [4.69, 9.17) is 23.2 Å². The molecule has 0 amide bonds. The van der Waals surface area contributed by atoms with Gasteiger partial charge in [-0.05, 0) is 19.1 Å². The predicted octanol–water partition coefficient (Wildman–Crippen LogP) is 5.29. The van der Waals surface area contributed by atoms with Gasteiger partial charge in [-0.1, -0.05) is 23.2 Å². The first-order valence-corrected chi connectivity index (χ1v) is 7.74. The highest BCUT2D eigenvalue weighted by molar-refractivity contribution is 7.58. The normalized spacial score (nSPS) is 12.0. The molecule has 0 saturated heterocycles. The van der Waals surface area contributed by atoms with E-state index in [1.54, 1.807) is 18.5 Å². The van der Waals surface area contributed by atoms with E-state index in [1.165, 1.54) is 0 Å². The first-order chi connectivity index (χ1) is 10.2. The second-order valence-electron chi connectivity index (χ2n) is 4.29. The molecule has 0 bridgehead atoms. The summed E-state index contributed by atoms with van der Waals surface area (Å²) in [4.78, 5) is 4.19. The van der Waals surface area contributed by atoms with Crippen LogP contribution in [0, 0.1) is 0 Å². The zero-order chi connectivity index (χ0) is 14.8. The van der Waals surface area contributed by atoms with Crippen molar-refractivity contribution in [3.63, 3.8) is 0 Å². The highest BCUT2D eigenvalue weighted by Gasteiger charge is 2.18. The summed E-state index contributed by atoms with van der Waals surface area (Å²) < 4.78 is 8.44. The van der Waals surface area contributed by atoms with Gasteiger partial charge in [0.2, 0.25) is 0 Å². The largest absolute Gasteiger partial charge is 0.384 e. The highest BCUT2D eigenvalue weighted by atomic mass is 35.5. The van der Waals surface area contributed by atoms with Gasteiger partial charge in [-0.25, -0.2) is 0 Å². The number of rotatable bonds is 4. The molecule has 2 aromatic rings. The lowest BCUT2D eigenvalue weighted by molar-refractivity contribution is 1.19. The second-order valence-corrected chi connectivity index (χ2v) is 5.64. The number of anilines is 3. The fourth-order valence-electron chi connectivity index (χ4n) is 1.95. The number of nitrogens with zero attached hydrogens (tertiary/aromatic N) is 3. The van der Waals surface area contributed by atoms with Gasteiger partial charge in [-0.2, -0.15) is 8.73 Å². The van der Waals surface area contributed by atoms with Gasteiger partial charge >= 0.3 is 0 Å². The lowest BCUT2D eigenvalue weighted by Crippen LogP contribution is -1.99. The van der Waals surface area contributed by atoms with Crippen molar-refractivity contribution in [1.82, 2.24) is 4.98 Å². The highest BCUT2D eigenvalue weighted by Crippen LogP contribution is 2.48. The molecule has 1 aliphatic rings. The summed E-state index contributed by atoms with van der Waals surface area (Å²) in [5.74, 6) is 0. The molecule has 21 heavy (non-hydrogen) atoms. The predicted molar refractivity (Wildman–Crippen MR) is 89.7 cm³/mol. The van der Waals surface area contributed by atoms with Gasteiger partial charge in [0.1, 0.15) is 11.4 Å². The number of nitrogens with one attached hydrogen (secondary N) is 2. The third-order valence-corrected chi connectivity index (χ3v) is 3.95. The van der Waals surface area contributed by atoms with Crippen LogP contribution >= 0.6 is 23.2 Å². The number of pyridine rings is 1. The van der Waals surface area contributed by atoms with Crippen LogP contribution in [0.3, 0.4) is 0 Å². The van der Waals surface area contributed by atoms with Crippen molar-refractivity contribution in [2.45, 2.75) is 6.92 Å². The van der Waals surface area contributed by atoms with Gasteiger partial charge in [0.15, 0.2) is 0 Å². The number of fused-ring (bicyclic) bond motifs is 1. The van der Waals surface area contributed by atoms with Crippen molar-refractivity contribution in [1.29, 1.82) is 0 Å². The average Bonchev–Trinajstić information content (AvgIpc) is 2.94. The Bertz CT molecular complexity index is 771. The number of benzene rings is 1. The van der Waals surface area contributed by atoms with Crippen molar-refractivity contribution >= 4 is 63.0 Å². The molecule has 5 nitrogen and oxygen atoms in total. The van der Waals surface area contributed by atoms with Crippen LogP contribution in [0.15, 0.2) is 33.3 Å². The number of hydrogen-bond acceptors (Lipinski definition) is 5. The molecule has 3 rings (SSSR count). The molecule has 1 aromatic heterocycles. The zero-order valence-electron chi connectivity index (χ0n) is 11.0. The standard InChI is InChI=1S/C13H11Cl2N5S/c1-2-17-7-3-8(6-16-5-7)18-11-9(14)4-10(15)12-13(11)20-21-19-12/h3-6,17-18H,2H2,1H3. The summed E-state index contributed by atoms with van der Waals surface area (Å²) in [6, 6.07) is 3.61. The van der Waals surface area contributed by atoms with Crippen LogP contribution in [0.1, 0.15) is 6.92 Å². The van der Waals surface area contributed by atoms with Crippen LogP contribution in [0.4, 0.5) is 28.4 Å². The second kappa shape index (κ2) is 6.01. The van der Waals surface area contributed by atoms with Crippen LogP contribution in [0.5, 0.6) is 0 Å². The molecule has 0 radical (unpaired) electrons. The topological polar surface area (TPSA) is 61.7 Å². The van der Waals surface area contributed by atoms with E-state index in [0.29, 0.717) is 27.1 Å². The van der Waals surface area contributed by atoms with E-state index in [-0.39, 0.29) is 0 Å². The Balaban J connectivity index is 1.98. The van der Waals surface area contributed by atoms with Gasteiger partial charge in [0, 0.05) is 6.54 Å². The SMILES string of the molecule is CCNc1cncc(Nc2c(Cl)cc(Cl)c3c2N=S=N3)c1. The smallest absolute Gasteiger partial charge is 0.131 e. The molecule has 0 saturated carbocycles. The summed E-state index contributed by atoms with van der Waals surface area (Å²) in [7, 11) is 0. The maximum atomic E-state index is 6.27. The molecule has 108 valence electrons. The van der Waals surface area contributed by atoms with Crippen LogP contribution in [0.25, 0.3) is 0 Å². The Morgan fingerprint density at radius 3 is 2.62 bits per heavy atom. The van der Waals surface area contributed by atoms with E-state index < -0.39 is 0 Å². The molecule has 1 aromatic carbocycles. The lowest BCUT2D eigenvalue weighted by Gasteiger charge is -2.13. The van der Waals surface area contributed by atoms with Gasteiger partial charge in [-0.15, -0.1) is 0 Å². The van der Waals surface area contributed by atoms with Gasteiger partial charge in [0.05, 0.1) is 50.9 Å². The minimum Gasteiger partial charge on any atom is -0.384 e. The molecule has 2 heterocycles. The first kappa shape index (κ1) is 14.3. The Kier molecular flexibility index (Phi) is 4.10. The number of halogens is 2. The molecule has 0 atom stereocenters. The molecule has 0 unspecified atom stereocenters. The van der Waals surface area contributed by atoms with E-state index in [9.17, 15) is 0 Å². The maximum absolute atomic E-state index is 6.27. The number of aromatic nitrogens is 1. The van der Waals surface area contributed by atoms with Crippen molar-refractivity contribution < 1.29 is 0 Å². The quantitative estimate of drug-likeness (QED) is 0.678. The minimum absolute atomic E-state index is 0.494. The lowest BCUT2D eigenvalue weighted by atomic mass is 10.2. The molecule has 2 N–H and O–H groups in total. The van der Waals surface area contributed by atoms with E-state index in [0.717, 1.165) is 29.3 Å². The van der Waals surface area contributed by atoms with Gasteiger partial charge < -0.3 is 10.6 Å². The molecule has 0 spiro atoms. The fourth-order valence-corrected chi connectivity index (χ4v) is 3.11. The van der Waals surface area contributed by atoms with Crippen LogP contribution in [-0.2, 0) is 11.4 Å². The average molecular weight is 340 g/mol. The molecule has 8 heteroatoms. The van der Waals surface area contributed by atoms with E-state index in [2.05, 4.69) is 24.3 Å². The maximum Gasteiger partial charge on any atom is 0.131 e. The van der Waals surface area contributed by atoms with Gasteiger partial charge in [0.25, 0.3) is 0 Å². The van der Waals surface area contributed by atoms with E-state index >= 15 is 0 Å². The third kappa shape index (κ3) is 2.88. The zero-order valence-corrected chi connectivity index (χ0v) is 13.4. The summed E-state index contributed by atoms with van der Waals surface area (Å²) in [5.41, 5.74) is 3.73. The summed E-state index contributed by atoms with van der Waals surface area (Å²) in [5, 5.41) is 7.43.